The van der Waals surface area contributed by atoms with E-state index in [1.807, 2.05) is 0 Å². The monoisotopic (exact) mass is 245 g/mol. The molecule has 0 radical (unpaired) electrons. The van der Waals surface area contributed by atoms with Crippen LogP contribution in [0, 0.1) is 0 Å². The second kappa shape index (κ2) is 29.3. The summed E-state index contributed by atoms with van der Waals surface area (Å²) in [4.78, 5) is 0. The van der Waals surface area contributed by atoms with Gasteiger partial charge in [0, 0.05) is 0 Å². The van der Waals surface area contributed by atoms with E-state index in [0.29, 0.717) is 0 Å². The second-order valence-corrected chi connectivity index (χ2v) is 2.56. The minimum Gasteiger partial charge on any atom is -1.00 e. The normalized spacial score (nSPS) is 6.92. The molecule has 0 bridgehead atoms. The summed E-state index contributed by atoms with van der Waals surface area (Å²) in [5, 5.41) is 0. The summed E-state index contributed by atoms with van der Waals surface area (Å²) >= 11 is 0. The van der Waals surface area contributed by atoms with Crippen LogP contribution in [0.5, 0.6) is 0 Å². The molecule has 0 atom stereocenters. The smallest absolute Gasteiger partial charge is 1.00 e. The van der Waals surface area contributed by atoms with Crippen molar-refractivity contribution < 1.29 is 37.2 Å². The number of halogens is 3. The quantitative estimate of drug-likeness (QED) is 0.366. The van der Waals surface area contributed by atoms with Gasteiger partial charge in [0.25, 0.3) is 0 Å². The van der Waals surface area contributed by atoms with Gasteiger partial charge in [-0.05, 0) is 13.0 Å². The van der Waals surface area contributed by atoms with Crippen molar-refractivity contribution in [3.63, 3.8) is 0 Å². The molecule has 0 aliphatic rings. The maximum absolute atomic E-state index is 5.34. The summed E-state index contributed by atoms with van der Waals surface area (Å²) in [7, 11) is 0. The summed E-state index contributed by atoms with van der Waals surface area (Å²) in [6.45, 7) is 3.11. The molecular formula is C8H19BCl3N. The van der Waals surface area contributed by atoms with Crippen LogP contribution in [0.3, 0.4) is 0 Å². The standard InChI is InChI=1S/C8H19N.B.3ClH/c1-2-3-4-5-6-7-8-9;;;;/h2-9H2,1H3;;3*1H/q;+3;;;/p-3. The zero-order chi connectivity index (χ0) is 6.95. The Morgan fingerprint density at radius 3 is 1.54 bits per heavy atom. The van der Waals surface area contributed by atoms with Gasteiger partial charge in [-0.25, -0.2) is 0 Å². The van der Waals surface area contributed by atoms with E-state index in [1.165, 1.54) is 38.5 Å². The van der Waals surface area contributed by atoms with Crippen LogP contribution >= 0.6 is 0 Å². The molecule has 0 heterocycles. The molecule has 0 aliphatic heterocycles. The molecular weight excluding hydrogens is 227 g/mol. The van der Waals surface area contributed by atoms with Crippen molar-refractivity contribution in [1.29, 1.82) is 0 Å². The number of hydrogen-bond acceptors (Lipinski definition) is 1. The molecule has 0 spiro atoms. The fourth-order valence-electron chi connectivity index (χ4n) is 0.925. The van der Waals surface area contributed by atoms with E-state index >= 15 is 0 Å². The van der Waals surface area contributed by atoms with Crippen molar-refractivity contribution in [2.75, 3.05) is 6.54 Å². The fraction of sp³-hybridized carbons (Fsp3) is 1.00. The van der Waals surface area contributed by atoms with Crippen molar-refractivity contribution in [3.8, 4) is 0 Å². The Kier molecular flexibility index (Phi) is 65.8. The molecule has 0 aromatic carbocycles. The van der Waals surface area contributed by atoms with Gasteiger partial charge in [0.05, 0.1) is 0 Å². The number of rotatable bonds is 6. The summed E-state index contributed by atoms with van der Waals surface area (Å²) in [6.07, 6.45) is 8.05. The Bertz CT molecular complexity index is 52.7. The molecule has 0 aromatic heterocycles. The Balaban J connectivity index is -0.0000000533. The zero-order valence-corrected chi connectivity index (χ0v) is 10.5. The molecule has 13 heavy (non-hydrogen) atoms. The first-order valence-corrected chi connectivity index (χ1v) is 4.12. The number of unbranched alkanes of at least 4 members (excludes halogenated alkanes) is 5. The van der Waals surface area contributed by atoms with E-state index in [2.05, 4.69) is 6.92 Å². The van der Waals surface area contributed by atoms with Gasteiger partial charge in [0.2, 0.25) is 0 Å². The molecule has 0 fully saturated rings. The van der Waals surface area contributed by atoms with Crippen LogP contribution in [0.4, 0.5) is 0 Å². The molecule has 0 aliphatic carbocycles. The Hall–Kier alpha value is 0.895. The molecule has 0 saturated heterocycles. The third kappa shape index (κ3) is 32.2. The van der Waals surface area contributed by atoms with E-state index in [1.54, 1.807) is 0 Å². The van der Waals surface area contributed by atoms with Gasteiger partial charge >= 0.3 is 8.41 Å². The maximum atomic E-state index is 5.34. The Labute approximate surface area is 103 Å². The minimum atomic E-state index is 0. The predicted molar refractivity (Wildman–Crippen MR) is 48.2 cm³/mol. The molecule has 0 amide bonds. The first-order chi connectivity index (χ1) is 4.41. The zero-order valence-electron chi connectivity index (χ0n) is 8.24. The topological polar surface area (TPSA) is 26.0 Å². The minimum absolute atomic E-state index is 0. The van der Waals surface area contributed by atoms with Crippen LogP contribution < -0.4 is 43.0 Å². The maximum Gasteiger partial charge on any atom is 3.00 e. The predicted octanol–water partition coefficient (Wildman–Crippen LogP) is -7.06. The molecule has 0 unspecified atom stereocenters. The largest absolute Gasteiger partial charge is 3.00 e. The Morgan fingerprint density at radius 1 is 0.769 bits per heavy atom. The number of hydrogen-bond donors (Lipinski definition) is 1. The van der Waals surface area contributed by atoms with E-state index in [-0.39, 0.29) is 45.6 Å². The third-order valence-electron chi connectivity index (χ3n) is 1.56. The summed E-state index contributed by atoms with van der Waals surface area (Å²) in [5.41, 5.74) is 5.34. The SMILES string of the molecule is CCCCCCCCN.[B+3].[Cl-].[Cl-].[Cl-]. The molecule has 1 nitrogen and oxygen atoms in total. The summed E-state index contributed by atoms with van der Waals surface area (Å²) in [6, 6.07) is 0. The Morgan fingerprint density at radius 2 is 1.15 bits per heavy atom. The van der Waals surface area contributed by atoms with Crippen LogP contribution in [-0.2, 0) is 0 Å². The summed E-state index contributed by atoms with van der Waals surface area (Å²) < 4.78 is 0. The van der Waals surface area contributed by atoms with Crippen LogP contribution in [0.15, 0.2) is 0 Å². The van der Waals surface area contributed by atoms with Gasteiger partial charge in [0.1, 0.15) is 0 Å². The fourth-order valence-corrected chi connectivity index (χ4v) is 0.925. The molecule has 0 rings (SSSR count). The molecule has 2 N–H and O–H groups in total. The van der Waals surface area contributed by atoms with Crippen molar-refractivity contribution in [3.05, 3.63) is 0 Å². The van der Waals surface area contributed by atoms with Crippen molar-refractivity contribution in [2.24, 2.45) is 5.73 Å². The molecule has 0 saturated carbocycles. The molecule has 5 heteroatoms. The van der Waals surface area contributed by atoms with Crippen molar-refractivity contribution >= 4 is 8.41 Å². The van der Waals surface area contributed by atoms with E-state index in [4.69, 9.17) is 5.73 Å². The van der Waals surface area contributed by atoms with E-state index in [0.717, 1.165) is 6.54 Å². The van der Waals surface area contributed by atoms with Crippen molar-refractivity contribution in [1.82, 2.24) is 0 Å². The third-order valence-corrected chi connectivity index (χ3v) is 1.56. The average Bonchev–Trinajstić information content (AvgIpc) is 1.89. The van der Waals surface area contributed by atoms with Crippen LogP contribution in [0.25, 0.3) is 0 Å². The molecule has 0 aromatic rings. The summed E-state index contributed by atoms with van der Waals surface area (Å²) in [5.74, 6) is 0. The van der Waals surface area contributed by atoms with Gasteiger partial charge < -0.3 is 43.0 Å². The first-order valence-electron chi connectivity index (χ1n) is 4.12. The van der Waals surface area contributed by atoms with Gasteiger partial charge in [0.15, 0.2) is 0 Å². The van der Waals surface area contributed by atoms with Gasteiger partial charge in [-0.15, -0.1) is 0 Å². The average molecular weight is 246 g/mol. The van der Waals surface area contributed by atoms with E-state index in [9.17, 15) is 0 Å². The van der Waals surface area contributed by atoms with Crippen LogP contribution in [0.2, 0.25) is 0 Å². The van der Waals surface area contributed by atoms with Crippen LogP contribution in [0.1, 0.15) is 45.4 Å². The van der Waals surface area contributed by atoms with Crippen LogP contribution in [-0.4, -0.2) is 15.0 Å². The van der Waals surface area contributed by atoms with Gasteiger partial charge in [-0.3, -0.25) is 0 Å². The van der Waals surface area contributed by atoms with Crippen molar-refractivity contribution in [2.45, 2.75) is 45.4 Å². The second-order valence-electron chi connectivity index (χ2n) is 2.56. The number of nitrogens with two attached hydrogens (primary N) is 1. The van der Waals surface area contributed by atoms with Gasteiger partial charge in [-0.2, -0.15) is 0 Å². The molecule has 80 valence electrons. The first kappa shape index (κ1) is 29.2. The van der Waals surface area contributed by atoms with Gasteiger partial charge in [-0.1, -0.05) is 39.0 Å². The van der Waals surface area contributed by atoms with E-state index < -0.39 is 0 Å².